The molecule has 3 heterocycles. The third-order valence-corrected chi connectivity index (χ3v) is 13.7. The molecular formula is C59H59N5O12S. The monoisotopic (exact) mass is 1060 g/mol. The van der Waals surface area contributed by atoms with Gasteiger partial charge < -0.3 is 41.2 Å². The Morgan fingerprint density at radius 2 is 1.13 bits per heavy atom. The molecule has 18 heteroatoms. The molecule has 2 bridgehead atoms. The maximum absolute atomic E-state index is 15.0. The Morgan fingerprint density at radius 3 is 1.71 bits per heavy atom. The molecule has 0 spiro atoms. The van der Waals surface area contributed by atoms with Gasteiger partial charge in [-0.1, -0.05) is 133 Å². The molecule has 398 valence electrons. The molecule has 6 aromatic rings. The average molecular weight is 1060 g/mol. The molecule has 7 atom stereocenters. The predicted molar refractivity (Wildman–Crippen MR) is 287 cm³/mol. The zero-order valence-electron chi connectivity index (χ0n) is 42.3. The highest BCUT2D eigenvalue weighted by Gasteiger charge is 2.42. The smallest absolute Gasteiger partial charge is 0.326 e. The van der Waals surface area contributed by atoms with Crippen LogP contribution in [0.25, 0.3) is 11.1 Å². The summed E-state index contributed by atoms with van der Waals surface area (Å²) in [6, 6.07) is 38.8. The third kappa shape index (κ3) is 16.6. The van der Waals surface area contributed by atoms with Crippen molar-refractivity contribution in [3.8, 4) is 11.1 Å². The Balaban J connectivity index is 1.31. The van der Waals surface area contributed by atoms with Gasteiger partial charge in [-0.25, -0.2) is 4.79 Å². The maximum atomic E-state index is 15.0. The number of carboxylic acids is 1. The summed E-state index contributed by atoms with van der Waals surface area (Å²) >= 11 is 1.27. The number of aliphatic carboxylic acids is 1. The Hall–Kier alpha value is -8.77. The maximum Gasteiger partial charge on any atom is 0.326 e. The largest absolute Gasteiger partial charge is 0.480 e. The van der Waals surface area contributed by atoms with Crippen molar-refractivity contribution in [2.75, 3.05) is 5.32 Å². The van der Waals surface area contributed by atoms with E-state index in [1.54, 1.807) is 72.1 Å². The zero-order chi connectivity index (χ0) is 54.8. The average Bonchev–Trinajstić information content (AvgIpc) is 3.94. The predicted octanol–water partition coefficient (Wildman–Crippen LogP) is 5.73. The molecule has 0 radical (unpaired) electrons. The van der Waals surface area contributed by atoms with Crippen molar-refractivity contribution in [1.82, 2.24) is 21.3 Å². The van der Waals surface area contributed by atoms with Crippen LogP contribution in [0.2, 0.25) is 0 Å². The van der Waals surface area contributed by atoms with Gasteiger partial charge >= 0.3 is 17.9 Å². The summed E-state index contributed by atoms with van der Waals surface area (Å²) < 4.78 is 10.7. The van der Waals surface area contributed by atoms with E-state index in [-0.39, 0.29) is 37.8 Å². The second-order valence-electron chi connectivity index (χ2n) is 18.7. The van der Waals surface area contributed by atoms with Crippen molar-refractivity contribution in [3.63, 3.8) is 0 Å². The first-order chi connectivity index (χ1) is 37.1. The summed E-state index contributed by atoms with van der Waals surface area (Å²) in [5, 5.41) is 25.6. The van der Waals surface area contributed by atoms with Crippen LogP contribution in [-0.4, -0.2) is 94.7 Å². The number of esters is 2. The highest BCUT2D eigenvalue weighted by molar-refractivity contribution is 7.09. The van der Waals surface area contributed by atoms with Crippen LogP contribution in [0, 0.1) is 5.92 Å². The number of ketones is 1. The van der Waals surface area contributed by atoms with Crippen LogP contribution in [0.3, 0.4) is 0 Å². The normalized spacial score (nSPS) is 19.9. The summed E-state index contributed by atoms with van der Waals surface area (Å²) in [5.41, 5.74) is 4.52. The van der Waals surface area contributed by atoms with Crippen LogP contribution in [0.4, 0.5) is 5.69 Å². The van der Waals surface area contributed by atoms with Gasteiger partial charge in [-0.2, -0.15) is 0 Å². The van der Waals surface area contributed by atoms with Crippen molar-refractivity contribution >= 4 is 70.3 Å². The SMILES string of the molecule is CC(=O)O[C@H]1C(=O)Nc2ccc(cc2)C[C@@H](C(=O)N[C@@H](Cc2ccccc2)C(=O)O)CC(=O)[C@H](CCc2ccccc2)NC(=O)[C@@H](Cc2ccc(-c3ccccc3)cc2)NC(=O)[C@H](Cc2cccs2)NC(=O)[C@@H]1OC(C)=O. The van der Waals surface area contributed by atoms with E-state index >= 15 is 4.79 Å². The van der Waals surface area contributed by atoms with Gasteiger partial charge in [0.25, 0.3) is 11.8 Å². The van der Waals surface area contributed by atoms with Crippen molar-refractivity contribution < 1.29 is 57.7 Å². The molecule has 0 aliphatic carbocycles. The Morgan fingerprint density at radius 1 is 0.584 bits per heavy atom. The lowest BCUT2D eigenvalue weighted by atomic mass is 9.89. The number of Topliss-reactive ketones (excluding diaryl/α,β-unsaturated/α-hetero) is 1. The molecule has 17 nitrogen and oxygen atoms in total. The van der Waals surface area contributed by atoms with Gasteiger partial charge in [0.2, 0.25) is 29.9 Å². The van der Waals surface area contributed by atoms with Crippen LogP contribution < -0.4 is 26.6 Å². The van der Waals surface area contributed by atoms with Gasteiger partial charge in [-0.15, -0.1) is 11.3 Å². The topological polar surface area (TPSA) is 252 Å². The van der Waals surface area contributed by atoms with Crippen LogP contribution in [0.15, 0.2) is 157 Å². The molecule has 5 amide bonds. The summed E-state index contributed by atoms with van der Waals surface area (Å²) in [5.74, 6) is -9.74. The molecule has 5 aromatic carbocycles. The van der Waals surface area contributed by atoms with Crippen molar-refractivity contribution in [3.05, 3.63) is 184 Å². The second kappa shape index (κ2) is 27.1. The van der Waals surface area contributed by atoms with E-state index < -0.39 is 102 Å². The Bertz CT molecular complexity index is 3010. The first kappa shape index (κ1) is 56.0. The van der Waals surface area contributed by atoms with E-state index in [0.717, 1.165) is 30.5 Å². The number of benzene rings is 5. The van der Waals surface area contributed by atoms with Crippen LogP contribution in [-0.2, 0) is 84.7 Å². The van der Waals surface area contributed by atoms with Crippen LogP contribution in [0.5, 0.6) is 0 Å². The zero-order valence-corrected chi connectivity index (χ0v) is 43.2. The number of nitrogens with one attached hydrogen (secondary N) is 5. The summed E-state index contributed by atoms with van der Waals surface area (Å²) in [6.45, 7) is 1.97. The lowest BCUT2D eigenvalue weighted by Crippen LogP contribution is -2.59. The summed E-state index contributed by atoms with van der Waals surface area (Å²) in [7, 11) is 0. The number of hydrogen-bond acceptors (Lipinski definition) is 12. The van der Waals surface area contributed by atoms with Gasteiger partial charge in [0.15, 0.2) is 5.78 Å². The number of thiophene rings is 1. The van der Waals surface area contributed by atoms with E-state index in [1.165, 1.54) is 23.5 Å². The van der Waals surface area contributed by atoms with Gasteiger partial charge in [0.1, 0.15) is 18.1 Å². The van der Waals surface area contributed by atoms with Crippen LogP contribution in [0.1, 0.15) is 53.8 Å². The van der Waals surface area contributed by atoms with E-state index in [4.69, 9.17) is 9.47 Å². The number of ether oxygens (including phenoxy) is 2. The van der Waals surface area contributed by atoms with Crippen LogP contribution >= 0.6 is 11.3 Å². The molecule has 2 aliphatic heterocycles. The molecule has 2 aliphatic rings. The number of carbonyl (C=O) groups is 9. The standard InChI is InChI=1S/C59H59N5O12S/c1-36(65)75-52-53(76-37(2)66)58(72)63-49(35-46-19-12-30-77-46)56(70)62-48(32-41-20-25-43(26-21-41)42-17-10-5-11-18-42)55(69)61-47(29-24-38-13-6-3-7-14-38)51(67)34-44(31-40-22-27-45(28-23-40)60-57(52)71)54(68)64-50(59(73)74)33-39-15-8-4-9-16-39/h3-23,25-28,30,44,47-50,52-53H,24,29,31-35H2,1-2H3,(H,60,71)(H,61,69)(H,62,70)(H,63,72)(H,64,68)(H,73,74)/t44-,47+,48-,49+,50+,52-,53-/m1/s1. The number of carboxylic acid groups (broad SMARTS) is 1. The molecule has 1 aromatic heterocycles. The quantitative estimate of drug-likeness (QED) is 0.0533. The van der Waals surface area contributed by atoms with E-state index in [2.05, 4.69) is 26.6 Å². The number of amides is 5. The van der Waals surface area contributed by atoms with Gasteiger partial charge in [0, 0.05) is 56.0 Å². The molecule has 0 saturated heterocycles. The van der Waals surface area contributed by atoms with E-state index in [9.17, 15) is 43.5 Å². The molecule has 8 rings (SSSR count). The summed E-state index contributed by atoms with van der Waals surface area (Å²) in [4.78, 5) is 126. The highest BCUT2D eigenvalue weighted by Crippen LogP contribution is 2.23. The fourth-order valence-electron chi connectivity index (χ4n) is 8.88. The van der Waals surface area contributed by atoms with Gasteiger partial charge in [0.05, 0.1) is 6.04 Å². The number of rotatable bonds is 15. The molecule has 0 unspecified atom stereocenters. The number of hydrogen-bond donors (Lipinski definition) is 6. The first-order valence-electron chi connectivity index (χ1n) is 25.0. The Labute approximate surface area is 449 Å². The molecule has 77 heavy (non-hydrogen) atoms. The molecule has 0 fully saturated rings. The number of aryl methyl sites for hydroxylation is 1. The number of fused-ring (bicyclic) bond motifs is 18. The third-order valence-electron chi connectivity index (χ3n) is 12.8. The number of carbonyl (C=O) groups excluding carboxylic acids is 8. The van der Waals surface area contributed by atoms with E-state index in [1.807, 2.05) is 72.8 Å². The van der Waals surface area contributed by atoms with Crippen molar-refractivity contribution in [1.29, 1.82) is 0 Å². The Kier molecular flexibility index (Phi) is 19.7. The van der Waals surface area contributed by atoms with Gasteiger partial charge in [-0.3, -0.25) is 38.4 Å². The minimum Gasteiger partial charge on any atom is -0.480 e. The minimum absolute atomic E-state index is 0.0588. The lowest BCUT2D eigenvalue weighted by molar-refractivity contribution is -0.173. The highest BCUT2D eigenvalue weighted by atomic mass is 32.1. The van der Waals surface area contributed by atoms with Crippen molar-refractivity contribution in [2.24, 2.45) is 5.92 Å². The van der Waals surface area contributed by atoms with E-state index in [0.29, 0.717) is 28.0 Å². The van der Waals surface area contributed by atoms with Crippen molar-refractivity contribution in [2.45, 2.75) is 95.2 Å². The lowest BCUT2D eigenvalue weighted by Gasteiger charge is -2.28. The minimum atomic E-state index is -2.13. The molecule has 6 N–H and O–H groups in total. The number of anilines is 1. The molecular weight excluding hydrogens is 1000 g/mol. The fourth-order valence-corrected chi connectivity index (χ4v) is 9.64. The second-order valence-corrected chi connectivity index (χ2v) is 19.7. The first-order valence-corrected chi connectivity index (χ1v) is 25.9. The summed E-state index contributed by atoms with van der Waals surface area (Å²) in [6.07, 6.45) is -4.73. The molecule has 0 saturated carbocycles. The fraction of sp³-hybridized carbons (Fsp3) is 0.271. The van der Waals surface area contributed by atoms with Gasteiger partial charge in [-0.05, 0) is 76.2 Å².